The summed E-state index contributed by atoms with van der Waals surface area (Å²) in [5.74, 6) is 0.952. The fourth-order valence-corrected chi connectivity index (χ4v) is 2.94. The molecule has 1 aliphatic carbocycles. The summed E-state index contributed by atoms with van der Waals surface area (Å²) in [4.78, 5) is 23.6. The number of ketones is 2. The van der Waals surface area contributed by atoms with E-state index in [1.165, 1.54) is 44.9 Å². The van der Waals surface area contributed by atoms with E-state index in [-0.39, 0.29) is 5.92 Å². The van der Waals surface area contributed by atoms with Crippen LogP contribution in [-0.4, -0.2) is 11.6 Å². The minimum Gasteiger partial charge on any atom is -0.300 e. The zero-order valence-corrected chi connectivity index (χ0v) is 12.6. The Morgan fingerprint density at radius 2 is 0.947 bits per heavy atom. The summed E-state index contributed by atoms with van der Waals surface area (Å²) < 4.78 is 0. The van der Waals surface area contributed by atoms with Crippen molar-refractivity contribution in [1.82, 2.24) is 0 Å². The largest absolute Gasteiger partial charge is 0.300 e. The minimum absolute atomic E-state index is 0.243. The van der Waals surface area contributed by atoms with Crippen LogP contribution in [0.5, 0.6) is 0 Å². The lowest BCUT2D eigenvalue weighted by molar-refractivity contribution is -0.121. The van der Waals surface area contributed by atoms with Crippen LogP contribution in [0, 0.1) is 5.92 Å². The summed E-state index contributed by atoms with van der Waals surface area (Å²) in [6.07, 6.45) is 13.6. The van der Waals surface area contributed by atoms with Gasteiger partial charge in [0.2, 0.25) is 0 Å². The third-order valence-corrected chi connectivity index (χ3v) is 4.06. The van der Waals surface area contributed by atoms with E-state index in [4.69, 9.17) is 0 Å². The molecule has 2 nitrogen and oxygen atoms in total. The van der Waals surface area contributed by atoms with E-state index in [1.807, 2.05) is 6.92 Å². The molecular formula is C17H30O2. The van der Waals surface area contributed by atoms with Gasteiger partial charge in [-0.15, -0.1) is 0 Å². The molecule has 1 rings (SSSR count). The third kappa shape index (κ3) is 8.96. The lowest BCUT2D eigenvalue weighted by Gasteiger charge is -2.10. The van der Waals surface area contributed by atoms with Crippen LogP contribution < -0.4 is 0 Å². The van der Waals surface area contributed by atoms with Gasteiger partial charge in [-0.05, 0) is 18.8 Å². The van der Waals surface area contributed by atoms with Crippen LogP contribution in [0.4, 0.5) is 0 Å². The number of carbonyl (C=O) groups is 2. The summed E-state index contributed by atoms with van der Waals surface area (Å²) >= 11 is 0. The van der Waals surface area contributed by atoms with Gasteiger partial charge in [0, 0.05) is 25.7 Å². The van der Waals surface area contributed by atoms with Crippen molar-refractivity contribution in [2.24, 2.45) is 5.92 Å². The van der Waals surface area contributed by atoms with Gasteiger partial charge in [-0.25, -0.2) is 0 Å². The molecule has 0 aliphatic heterocycles. The molecule has 1 saturated carbocycles. The first-order valence-corrected chi connectivity index (χ1v) is 8.22. The molecule has 0 atom stereocenters. The monoisotopic (exact) mass is 266 g/mol. The molecule has 0 spiro atoms. The lowest BCUT2D eigenvalue weighted by Crippen LogP contribution is -2.10. The Kier molecular flexibility index (Phi) is 8.77. The predicted octanol–water partition coefficient (Wildman–Crippen LogP) is 4.85. The van der Waals surface area contributed by atoms with Gasteiger partial charge in [0.15, 0.2) is 0 Å². The molecule has 1 fully saturated rings. The molecule has 0 amide bonds. The second-order valence-corrected chi connectivity index (χ2v) is 6.27. The van der Waals surface area contributed by atoms with Crippen molar-refractivity contribution >= 4 is 11.6 Å². The second-order valence-electron chi connectivity index (χ2n) is 6.27. The molecule has 110 valence electrons. The highest BCUT2D eigenvalue weighted by Crippen LogP contribution is 2.17. The van der Waals surface area contributed by atoms with E-state index in [9.17, 15) is 9.59 Å². The molecule has 0 unspecified atom stereocenters. The molecule has 0 saturated heterocycles. The average Bonchev–Trinajstić information content (AvgIpc) is 2.34. The first-order chi connectivity index (χ1) is 9.18. The molecule has 0 aromatic carbocycles. The smallest absolute Gasteiger partial charge is 0.133 e. The van der Waals surface area contributed by atoms with Crippen LogP contribution >= 0.6 is 0 Å². The van der Waals surface area contributed by atoms with Gasteiger partial charge in [0.1, 0.15) is 11.6 Å². The predicted molar refractivity (Wildman–Crippen MR) is 79.2 cm³/mol. The molecule has 0 N–H and O–H groups in total. The van der Waals surface area contributed by atoms with E-state index in [2.05, 4.69) is 0 Å². The van der Waals surface area contributed by atoms with E-state index in [0.29, 0.717) is 24.4 Å². The van der Waals surface area contributed by atoms with Crippen molar-refractivity contribution in [3.05, 3.63) is 0 Å². The number of hydrogen-bond acceptors (Lipinski definition) is 2. The Hall–Kier alpha value is -0.660. The molecule has 19 heavy (non-hydrogen) atoms. The van der Waals surface area contributed by atoms with Gasteiger partial charge >= 0.3 is 0 Å². The maximum atomic E-state index is 11.8. The van der Waals surface area contributed by atoms with Crippen LogP contribution in [0.3, 0.4) is 0 Å². The molecule has 0 radical (unpaired) electrons. The maximum absolute atomic E-state index is 11.8. The van der Waals surface area contributed by atoms with Crippen molar-refractivity contribution in [2.75, 3.05) is 0 Å². The Balaban J connectivity index is 2.33. The first-order valence-electron chi connectivity index (χ1n) is 8.22. The fraction of sp³-hybridized carbons (Fsp3) is 0.882. The molecule has 0 heterocycles. The summed E-state index contributed by atoms with van der Waals surface area (Å²) in [7, 11) is 0. The standard InChI is InChI=1S/C17H30O2/c1-15-13-16(18)11-9-7-5-3-2-4-6-8-10-12-17(19)14-15/h15H,2-14H2,1H3. The number of hydrogen-bond donors (Lipinski definition) is 0. The topological polar surface area (TPSA) is 34.1 Å². The van der Waals surface area contributed by atoms with Gasteiger partial charge in [-0.2, -0.15) is 0 Å². The molecule has 0 bridgehead atoms. The summed E-state index contributed by atoms with van der Waals surface area (Å²) in [6, 6.07) is 0. The molecule has 0 aromatic rings. The Bertz CT molecular complexity index is 244. The number of Topliss-reactive ketones (excluding diaryl/α,β-unsaturated/α-hetero) is 2. The van der Waals surface area contributed by atoms with Gasteiger partial charge < -0.3 is 0 Å². The van der Waals surface area contributed by atoms with Crippen LogP contribution in [0.2, 0.25) is 0 Å². The highest BCUT2D eigenvalue weighted by Gasteiger charge is 2.13. The summed E-state index contributed by atoms with van der Waals surface area (Å²) in [5.41, 5.74) is 0. The highest BCUT2D eigenvalue weighted by atomic mass is 16.1. The van der Waals surface area contributed by atoms with Crippen molar-refractivity contribution in [1.29, 1.82) is 0 Å². The molecular weight excluding hydrogens is 236 g/mol. The van der Waals surface area contributed by atoms with E-state index in [1.54, 1.807) is 0 Å². The summed E-state index contributed by atoms with van der Waals surface area (Å²) in [5, 5.41) is 0. The van der Waals surface area contributed by atoms with E-state index < -0.39 is 0 Å². The van der Waals surface area contributed by atoms with Crippen LogP contribution in [0.25, 0.3) is 0 Å². The van der Waals surface area contributed by atoms with Crippen LogP contribution in [0.15, 0.2) is 0 Å². The third-order valence-electron chi connectivity index (χ3n) is 4.06. The van der Waals surface area contributed by atoms with Crippen LogP contribution in [0.1, 0.15) is 90.4 Å². The minimum atomic E-state index is 0.243. The zero-order valence-electron chi connectivity index (χ0n) is 12.6. The lowest BCUT2D eigenvalue weighted by atomic mass is 9.94. The van der Waals surface area contributed by atoms with Crippen molar-refractivity contribution < 1.29 is 9.59 Å². The van der Waals surface area contributed by atoms with E-state index >= 15 is 0 Å². The highest BCUT2D eigenvalue weighted by molar-refractivity contribution is 5.81. The SMILES string of the molecule is CC1CC(=O)CCCCCCCCCCCC(=O)C1. The zero-order chi connectivity index (χ0) is 13.9. The number of rotatable bonds is 0. The normalized spacial score (nSPS) is 23.4. The second kappa shape index (κ2) is 10.2. The van der Waals surface area contributed by atoms with Gasteiger partial charge in [-0.1, -0.05) is 51.9 Å². The first kappa shape index (κ1) is 16.4. The van der Waals surface area contributed by atoms with Crippen LogP contribution in [-0.2, 0) is 9.59 Å². The fourth-order valence-electron chi connectivity index (χ4n) is 2.94. The quantitative estimate of drug-likeness (QED) is 0.628. The van der Waals surface area contributed by atoms with Gasteiger partial charge in [0.25, 0.3) is 0 Å². The Labute approximate surface area is 118 Å². The van der Waals surface area contributed by atoms with E-state index in [0.717, 1.165) is 25.7 Å². The maximum Gasteiger partial charge on any atom is 0.133 e. The van der Waals surface area contributed by atoms with Crippen molar-refractivity contribution in [3.63, 3.8) is 0 Å². The van der Waals surface area contributed by atoms with Crippen molar-refractivity contribution in [3.8, 4) is 0 Å². The Morgan fingerprint density at radius 1 is 0.632 bits per heavy atom. The molecule has 0 aromatic heterocycles. The van der Waals surface area contributed by atoms with Crippen molar-refractivity contribution in [2.45, 2.75) is 90.4 Å². The molecule has 2 heteroatoms. The van der Waals surface area contributed by atoms with Gasteiger partial charge in [-0.3, -0.25) is 9.59 Å². The molecule has 1 aliphatic rings. The Morgan fingerprint density at radius 3 is 1.32 bits per heavy atom. The van der Waals surface area contributed by atoms with Gasteiger partial charge in [0.05, 0.1) is 0 Å². The summed E-state index contributed by atoms with van der Waals surface area (Å²) in [6.45, 7) is 2.04. The average molecular weight is 266 g/mol. The number of carbonyl (C=O) groups excluding carboxylic acids is 2.